The van der Waals surface area contributed by atoms with Crippen molar-refractivity contribution < 1.29 is 19.1 Å². The largest absolute Gasteiger partial charge is 0.465 e. The van der Waals surface area contributed by atoms with Crippen LogP contribution in [0.15, 0.2) is 29.5 Å². The first-order valence-corrected chi connectivity index (χ1v) is 7.89. The number of carbonyl (C=O) groups is 2. The average molecular weight is 352 g/mol. The van der Waals surface area contributed by atoms with Crippen LogP contribution in [0, 0.1) is 22.7 Å². The lowest BCUT2D eigenvalue weighted by Crippen LogP contribution is -2.18. The van der Waals surface area contributed by atoms with Gasteiger partial charge < -0.3 is 14.8 Å². The zero-order valence-corrected chi connectivity index (χ0v) is 14.3. The van der Waals surface area contributed by atoms with Gasteiger partial charge in [0.15, 0.2) is 11.5 Å². The summed E-state index contributed by atoms with van der Waals surface area (Å²) in [6, 6.07) is 6.91. The van der Waals surface area contributed by atoms with E-state index < -0.39 is 17.9 Å². The van der Waals surface area contributed by atoms with E-state index in [4.69, 9.17) is 9.47 Å². The molecule has 8 nitrogen and oxygen atoms in total. The van der Waals surface area contributed by atoms with Crippen molar-refractivity contribution >= 4 is 23.8 Å². The van der Waals surface area contributed by atoms with Gasteiger partial charge in [0, 0.05) is 5.56 Å². The lowest BCUT2D eigenvalue weighted by atomic mass is 10.0. The fraction of sp³-hybridized carbons (Fsp3) is 0.278. The van der Waals surface area contributed by atoms with E-state index in [1.54, 1.807) is 38.1 Å². The summed E-state index contributed by atoms with van der Waals surface area (Å²) < 4.78 is 9.74. The van der Waals surface area contributed by atoms with Crippen LogP contribution in [-0.2, 0) is 19.1 Å². The molecule has 0 fully saturated rings. The summed E-state index contributed by atoms with van der Waals surface area (Å²) >= 11 is 0. The van der Waals surface area contributed by atoms with Gasteiger partial charge in [-0.2, -0.15) is 10.5 Å². The van der Waals surface area contributed by atoms with Crippen LogP contribution in [0.4, 0.5) is 5.82 Å². The van der Waals surface area contributed by atoms with Gasteiger partial charge in [-0.15, -0.1) is 0 Å². The molecule has 0 aliphatic carbocycles. The molecule has 0 bridgehead atoms. The van der Waals surface area contributed by atoms with Gasteiger partial charge >= 0.3 is 11.9 Å². The molecule has 0 saturated carbocycles. The summed E-state index contributed by atoms with van der Waals surface area (Å²) in [6.45, 7) is 3.58. The van der Waals surface area contributed by atoms with Crippen LogP contribution in [0.5, 0.6) is 0 Å². The van der Waals surface area contributed by atoms with Gasteiger partial charge in [0.05, 0.1) is 30.7 Å². The third kappa shape index (κ3) is 3.87. The summed E-state index contributed by atoms with van der Waals surface area (Å²) in [5.74, 6) is -2.28. The molecule has 0 saturated heterocycles. The molecule has 132 valence electrons. The summed E-state index contributed by atoms with van der Waals surface area (Å²) in [5, 5.41) is 21.4. The van der Waals surface area contributed by atoms with Crippen molar-refractivity contribution in [3.05, 3.63) is 40.7 Å². The highest BCUT2D eigenvalue weighted by Crippen LogP contribution is 2.27. The molecule has 8 heteroatoms. The normalized spacial score (nSPS) is 14.8. The third-order valence-electron chi connectivity index (χ3n) is 3.44. The van der Waals surface area contributed by atoms with Crippen LogP contribution >= 0.6 is 0 Å². The van der Waals surface area contributed by atoms with Gasteiger partial charge in [-0.3, -0.25) is 4.79 Å². The van der Waals surface area contributed by atoms with Crippen LogP contribution in [-0.4, -0.2) is 30.1 Å². The fourth-order valence-electron chi connectivity index (χ4n) is 2.25. The van der Waals surface area contributed by atoms with Gasteiger partial charge in [-0.05, 0) is 38.1 Å². The molecule has 1 N–H and O–H groups in total. The van der Waals surface area contributed by atoms with Gasteiger partial charge in [0.25, 0.3) is 0 Å². The number of carbonyl (C=O) groups excluding carboxylic acids is 2. The minimum atomic E-state index is -1.17. The number of anilines is 1. The zero-order chi connectivity index (χ0) is 19.1. The monoisotopic (exact) mass is 352 g/mol. The molecule has 2 heterocycles. The molecule has 1 unspecified atom stereocenters. The number of nitrogens with zero attached hydrogens (tertiary/aromatic N) is 3. The molecule has 26 heavy (non-hydrogen) atoms. The smallest absolute Gasteiger partial charge is 0.351 e. The Balaban J connectivity index is 2.39. The van der Waals surface area contributed by atoms with Crippen LogP contribution in [0.1, 0.15) is 31.0 Å². The van der Waals surface area contributed by atoms with E-state index in [1.165, 1.54) is 0 Å². The summed E-state index contributed by atoms with van der Waals surface area (Å²) in [4.78, 5) is 28.0. The van der Waals surface area contributed by atoms with Gasteiger partial charge in [-0.1, -0.05) is 0 Å². The highest BCUT2D eigenvalue weighted by Gasteiger charge is 2.25. The number of aromatic nitrogens is 1. The molecule has 1 atom stereocenters. The van der Waals surface area contributed by atoms with E-state index in [-0.39, 0.29) is 30.2 Å². The topological polar surface area (TPSA) is 125 Å². The van der Waals surface area contributed by atoms with Crippen LogP contribution in [0.3, 0.4) is 0 Å². The van der Waals surface area contributed by atoms with Crippen LogP contribution in [0.2, 0.25) is 0 Å². The molecule has 1 aromatic heterocycles. The van der Waals surface area contributed by atoms with Gasteiger partial charge in [0.2, 0.25) is 0 Å². The van der Waals surface area contributed by atoms with Gasteiger partial charge in [-0.25, -0.2) is 9.78 Å². The first-order chi connectivity index (χ1) is 12.5. The Morgan fingerprint density at radius 2 is 1.92 bits per heavy atom. The van der Waals surface area contributed by atoms with Crippen molar-refractivity contribution in [3.8, 4) is 12.1 Å². The van der Waals surface area contributed by atoms with Gasteiger partial charge in [0.1, 0.15) is 11.9 Å². The number of allylic oxidation sites excluding steroid dienone is 1. The fourth-order valence-corrected chi connectivity index (χ4v) is 2.25. The number of hydrogen-bond donors (Lipinski definition) is 1. The number of nitrogens with one attached hydrogen (secondary N) is 1. The number of fused-ring (bicyclic) bond motifs is 1. The maximum atomic E-state index is 11.9. The number of rotatable bonds is 5. The Kier molecular flexibility index (Phi) is 6.07. The second-order valence-corrected chi connectivity index (χ2v) is 5.07. The van der Waals surface area contributed by atoms with E-state index in [9.17, 15) is 20.1 Å². The van der Waals surface area contributed by atoms with E-state index in [0.29, 0.717) is 11.4 Å². The Labute approximate surface area is 150 Å². The standard InChI is InChI=1S/C18H16N4O4/c1-3-25-17(23)12(9-19)14-7-5-11-6-8-15(22-16(11)21-14)13(10-20)18(24)26-4-2/h5-8,12H,3-4H2,1-2H3,(H,21,22)/b15-13-. The minimum Gasteiger partial charge on any atom is -0.465 e. The molecule has 1 aromatic rings. The van der Waals surface area contributed by atoms with Crippen molar-refractivity contribution in [2.75, 3.05) is 18.5 Å². The van der Waals surface area contributed by atoms with Crippen molar-refractivity contribution in [3.63, 3.8) is 0 Å². The molecular weight excluding hydrogens is 336 g/mol. The number of pyridine rings is 1. The average Bonchev–Trinajstić information content (AvgIpc) is 2.63. The first kappa shape index (κ1) is 18.7. The van der Waals surface area contributed by atoms with E-state index in [1.807, 2.05) is 12.1 Å². The Morgan fingerprint density at radius 1 is 1.19 bits per heavy atom. The minimum absolute atomic E-state index is 0.142. The summed E-state index contributed by atoms with van der Waals surface area (Å²) in [7, 11) is 0. The number of ether oxygens (including phenoxy) is 2. The van der Waals surface area contributed by atoms with Crippen molar-refractivity contribution in [1.29, 1.82) is 10.5 Å². The quantitative estimate of drug-likeness (QED) is 0.485. The molecule has 0 aromatic carbocycles. The highest BCUT2D eigenvalue weighted by molar-refractivity contribution is 5.96. The number of hydrogen-bond acceptors (Lipinski definition) is 8. The Morgan fingerprint density at radius 3 is 2.54 bits per heavy atom. The molecular formula is C18H16N4O4. The Bertz CT molecular complexity index is 874. The second kappa shape index (κ2) is 8.45. The number of esters is 2. The predicted octanol–water partition coefficient (Wildman–Crippen LogP) is 2.03. The molecule has 1 aliphatic rings. The van der Waals surface area contributed by atoms with Crippen molar-refractivity contribution in [1.82, 2.24) is 4.98 Å². The molecule has 2 rings (SSSR count). The zero-order valence-electron chi connectivity index (χ0n) is 14.3. The molecule has 0 spiro atoms. The van der Waals surface area contributed by atoms with E-state index in [2.05, 4.69) is 10.3 Å². The summed E-state index contributed by atoms with van der Waals surface area (Å²) in [6.07, 6.45) is 3.23. The molecule has 0 amide bonds. The molecule has 0 radical (unpaired) electrons. The van der Waals surface area contributed by atoms with E-state index in [0.717, 1.165) is 0 Å². The van der Waals surface area contributed by atoms with Crippen LogP contribution in [0.25, 0.3) is 6.08 Å². The number of nitriles is 2. The Hall–Kier alpha value is -3.65. The van der Waals surface area contributed by atoms with Crippen molar-refractivity contribution in [2.45, 2.75) is 19.8 Å². The summed E-state index contributed by atoms with van der Waals surface area (Å²) in [5.41, 5.74) is 0.927. The first-order valence-electron chi connectivity index (χ1n) is 7.89. The third-order valence-corrected chi connectivity index (χ3v) is 3.44. The molecule has 1 aliphatic heterocycles. The second-order valence-electron chi connectivity index (χ2n) is 5.07. The predicted molar refractivity (Wildman–Crippen MR) is 91.2 cm³/mol. The lowest BCUT2D eigenvalue weighted by Gasteiger charge is -2.17. The maximum Gasteiger partial charge on any atom is 0.351 e. The van der Waals surface area contributed by atoms with E-state index >= 15 is 0 Å². The van der Waals surface area contributed by atoms with Crippen molar-refractivity contribution in [2.24, 2.45) is 0 Å². The SMILES string of the molecule is CCOC(=O)/C(C#N)=C1/C=Cc2ccc(C(C#N)C(=O)OCC)nc2N1. The maximum absolute atomic E-state index is 11.9. The lowest BCUT2D eigenvalue weighted by molar-refractivity contribution is -0.143. The highest BCUT2D eigenvalue weighted by atomic mass is 16.5. The van der Waals surface area contributed by atoms with Crippen LogP contribution < -0.4 is 5.32 Å².